The third-order valence-corrected chi connectivity index (χ3v) is 27.9. The summed E-state index contributed by atoms with van der Waals surface area (Å²) in [4.78, 5) is 11.8. The van der Waals surface area contributed by atoms with Crippen molar-refractivity contribution in [3.05, 3.63) is 0 Å². The first-order valence-electron chi connectivity index (χ1n) is 27.5. The van der Waals surface area contributed by atoms with Crippen LogP contribution in [0.25, 0.3) is 0 Å². The molecule has 0 aromatic heterocycles. The molecule has 432 valence electrons. The Hall–Kier alpha value is 1.47. The lowest BCUT2D eigenvalue weighted by atomic mass is 9.99. The van der Waals surface area contributed by atoms with E-state index >= 15 is 4.57 Å². The normalized spacial score (nSPS) is 18.5. The van der Waals surface area contributed by atoms with E-state index in [4.69, 9.17) is 40.9 Å². The molecule has 0 aliphatic carbocycles. The molecular formula is C50H104O14P4S4. The summed E-state index contributed by atoms with van der Waals surface area (Å²) >= 11 is 3.90. The lowest BCUT2D eigenvalue weighted by Crippen LogP contribution is -2.18. The molecule has 0 heterocycles. The van der Waals surface area contributed by atoms with Crippen LogP contribution in [-0.2, 0) is 64.0 Å². The largest absolute Gasteiger partial charge is 0.469 e. The van der Waals surface area contributed by atoms with Crippen molar-refractivity contribution >= 4 is 78.7 Å². The van der Waals surface area contributed by atoms with E-state index in [2.05, 4.69) is 55.4 Å². The molecule has 14 nitrogen and oxygen atoms in total. The molecule has 10 atom stereocenters. The third kappa shape index (κ3) is 36.6. The number of ether oxygens (including phenoxy) is 1. The topological polar surface area (TPSA) is 168 Å². The second kappa shape index (κ2) is 43.3. The Morgan fingerprint density at radius 1 is 0.417 bits per heavy atom. The monoisotopic (exact) mass is 1180 g/mol. The van der Waals surface area contributed by atoms with Crippen LogP contribution in [-0.4, -0.2) is 86.9 Å². The minimum Gasteiger partial charge on any atom is -0.469 e. The second-order valence-corrected chi connectivity index (χ2v) is 35.7. The van der Waals surface area contributed by atoms with Crippen molar-refractivity contribution in [2.45, 2.75) is 236 Å². The maximum Gasteiger partial charge on any atom is 0.389 e. The van der Waals surface area contributed by atoms with Gasteiger partial charge in [0.25, 0.3) is 0 Å². The molecule has 10 unspecified atom stereocenters. The molecule has 0 fully saturated rings. The van der Waals surface area contributed by atoms with Crippen LogP contribution in [0.5, 0.6) is 0 Å². The first-order valence-corrected chi connectivity index (χ1v) is 40.0. The van der Waals surface area contributed by atoms with Crippen LogP contribution >= 0.6 is 72.7 Å². The average molecular weight is 1180 g/mol. The van der Waals surface area contributed by atoms with E-state index in [-0.39, 0.29) is 53.1 Å². The molecule has 0 N–H and O–H groups in total. The van der Waals surface area contributed by atoms with Gasteiger partial charge in [-0.2, -0.15) is 0 Å². The molecule has 72 heavy (non-hydrogen) atoms. The number of carbonyl (C=O) groups is 1. The van der Waals surface area contributed by atoms with E-state index in [1.807, 2.05) is 0 Å². The van der Waals surface area contributed by atoms with Crippen molar-refractivity contribution in [3.63, 3.8) is 0 Å². The van der Waals surface area contributed by atoms with Crippen molar-refractivity contribution in [2.75, 3.05) is 56.5 Å². The molecule has 0 amide bonds. The van der Waals surface area contributed by atoms with Gasteiger partial charge >= 0.3 is 33.2 Å². The van der Waals surface area contributed by atoms with Crippen LogP contribution in [0.3, 0.4) is 0 Å². The number of rotatable bonds is 51. The molecule has 0 rings (SSSR count). The summed E-state index contributed by atoms with van der Waals surface area (Å²) in [6.07, 6.45) is 15.7. The first-order chi connectivity index (χ1) is 34.1. The smallest absolute Gasteiger partial charge is 0.389 e. The zero-order valence-electron chi connectivity index (χ0n) is 47.3. The average Bonchev–Trinajstić information content (AvgIpc) is 3.34. The number of unbranched alkanes of at least 4 members (excludes halogenated alkanes) is 6. The van der Waals surface area contributed by atoms with E-state index in [0.717, 1.165) is 155 Å². The SMILES string of the molecule is CCCCCCC(CC)COP(=O)(OCC(CC)CCCC)SCC(C)OP(=O)(OC(C)CSP(=O)(OCC(CC)CCCC)OCC(CC)CCCC)SCC(C)OP(=O)(OC(C)C)SCCC(=O)OC. The van der Waals surface area contributed by atoms with E-state index in [9.17, 15) is 18.5 Å². The van der Waals surface area contributed by atoms with E-state index in [1.165, 1.54) is 13.5 Å². The Bertz CT molecular complexity index is 1530. The fourth-order valence-corrected chi connectivity index (χ4v) is 22.3. The van der Waals surface area contributed by atoms with Gasteiger partial charge in [-0.3, -0.25) is 22.9 Å². The van der Waals surface area contributed by atoms with Gasteiger partial charge in [0.05, 0.1) is 64.4 Å². The van der Waals surface area contributed by atoms with Crippen LogP contribution in [0.2, 0.25) is 0 Å². The summed E-state index contributed by atoms with van der Waals surface area (Å²) in [5, 5.41) is 0. The van der Waals surface area contributed by atoms with Crippen LogP contribution in [0.1, 0.15) is 212 Å². The fourth-order valence-electron chi connectivity index (χ4n) is 7.08. The lowest BCUT2D eigenvalue weighted by molar-refractivity contribution is -0.140. The molecular weight excluding hydrogens is 1080 g/mol. The van der Waals surface area contributed by atoms with Gasteiger partial charge in [0.2, 0.25) is 0 Å². The maximum atomic E-state index is 15.1. The zero-order valence-corrected chi connectivity index (χ0v) is 54.2. The molecule has 0 spiro atoms. The Labute approximate surface area is 456 Å². The van der Waals surface area contributed by atoms with Crippen LogP contribution in [0, 0.1) is 23.7 Å². The predicted octanol–water partition coefficient (Wildman–Crippen LogP) is 19.3. The van der Waals surface area contributed by atoms with Gasteiger partial charge in [0.15, 0.2) is 0 Å². The third-order valence-electron chi connectivity index (χ3n) is 12.0. The summed E-state index contributed by atoms with van der Waals surface area (Å²) in [7, 11) is 1.29. The first kappa shape index (κ1) is 73.5. The van der Waals surface area contributed by atoms with Gasteiger partial charge in [-0.1, -0.05) is 145 Å². The summed E-state index contributed by atoms with van der Waals surface area (Å²) in [5.41, 5.74) is 0. The summed E-state index contributed by atoms with van der Waals surface area (Å²) < 4.78 is 112. The number of esters is 1. The van der Waals surface area contributed by atoms with E-state index in [1.54, 1.807) is 34.6 Å². The molecule has 0 aromatic rings. The minimum atomic E-state index is -4.11. The molecule has 0 aromatic carbocycles. The van der Waals surface area contributed by atoms with Gasteiger partial charge in [-0.15, -0.1) is 0 Å². The van der Waals surface area contributed by atoms with Crippen molar-refractivity contribution in [1.82, 2.24) is 0 Å². The van der Waals surface area contributed by atoms with Gasteiger partial charge < -0.3 is 22.8 Å². The number of methoxy groups -OCH3 is 1. The fraction of sp³-hybridized carbons (Fsp3) is 0.980. The van der Waals surface area contributed by atoms with Gasteiger partial charge in [-0.05, 0) is 130 Å². The summed E-state index contributed by atoms with van der Waals surface area (Å²) in [6.45, 7) is 11.8. The highest BCUT2D eigenvalue weighted by Crippen LogP contribution is 2.68. The Morgan fingerprint density at radius 3 is 1.04 bits per heavy atom. The summed E-state index contributed by atoms with van der Waals surface area (Å²) in [5.74, 6) is 0.921. The molecule has 22 heteroatoms. The Morgan fingerprint density at radius 2 is 0.736 bits per heavy atom. The standard InChI is InChI=1S/C50H104O14P4S4/c1-15-23-27-28-32-49(22-8)38-60-66(53,59-37-48(21-7)31-26-18-4)71-40-44(12)64-68(55,72-41-45(13)62-67(54,61-42(9)10)69-34-33-50(51)56-14)63-43(11)39-70-65(52,57-35-46(19-5)29-24-16-2)58-36-47(20-6)30-25-17-3/h42-49H,15-41H2,1-14H3. The second-order valence-electron chi connectivity index (χ2n) is 19.3. The summed E-state index contributed by atoms with van der Waals surface area (Å²) in [6, 6.07) is 0. The number of hydrogen-bond donors (Lipinski definition) is 0. The molecule has 0 saturated heterocycles. The van der Waals surface area contributed by atoms with Crippen molar-refractivity contribution in [3.8, 4) is 0 Å². The highest BCUT2D eigenvalue weighted by Gasteiger charge is 2.38. The van der Waals surface area contributed by atoms with Crippen LogP contribution in [0.4, 0.5) is 0 Å². The maximum absolute atomic E-state index is 15.1. The highest BCUT2D eigenvalue weighted by atomic mass is 32.7. The van der Waals surface area contributed by atoms with E-state index in [0.29, 0.717) is 26.4 Å². The highest BCUT2D eigenvalue weighted by molar-refractivity contribution is 8.56. The van der Waals surface area contributed by atoms with Crippen LogP contribution < -0.4 is 0 Å². The number of hydrogen-bond acceptors (Lipinski definition) is 18. The van der Waals surface area contributed by atoms with Crippen molar-refractivity contribution < 1.29 is 64.0 Å². The lowest BCUT2D eigenvalue weighted by Gasteiger charge is -2.28. The number of carbonyl (C=O) groups excluding carboxylic acids is 1. The predicted molar refractivity (Wildman–Crippen MR) is 311 cm³/mol. The molecule has 0 radical (unpaired) electrons. The van der Waals surface area contributed by atoms with Gasteiger partial charge in [-0.25, -0.2) is 18.3 Å². The molecule has 0 saturated carbocycles. The van der Waals surface area contributed by atoms with Crippen LogP contribution in [0.15, 0.2) is 0 Å². The van der Waals surface area contributed by atoms with Gasteiger partial charge in [0.1, 0.15) is 0 Å². The van der Waals surface area contributed by atoms with Gasteiger partial charge in [0, 0.05) is 23.0 Å². The van der Waals surface area contributed by atoms with Crippen molar-refractivity contribution in [1.29, 1.82) is 0 Å². The quantitative estimate of drug-likeness (QED) is 0.0320. The zero-order chi connectivity index (χ0) is 54.5. The Kier molecular flexibility index (Phi) is 44.2. The van der Waals surface area contributed by atoms with Crippen molar-refractivity contribution in [2.24, 2.45) is 23.7 Å². The molecule has 0 bridgehead atoms. The molecule has 0 aliphatic rings. The minimum absolute atomic E-state index is 0.0141. The Balaban J connectivity index is 6.69. The van der Waals surface area contributed by atoms with E-state index < -0.39 is 57.6 Å². The molecule has 0 aliphatic heterocycles.